The molecule has 0 aliphatic heterocycles. The van der Waals surface area contributed by atoms with Crippen molar-refractivity contribution >= 4 is 11.8 Å². The quantitative estimate of drug-likeness (QED) is 0.676. The maximum Gasteiger partial charge on any atom is 0.407 e. The molecular weight excluding hydrogens is 232 g/mol. The number of ether oxygens (including phenoxy) is 1. The molecule has 3 N–H and O–H groups in total. The third-order valence-corrected chi connectivity index (χ3v) is 3.41. The minimum atomic E-state index is -1.06. The molecule has 1 saturated carbocycles. The second-order valence-corrected chi connectivity index (χ2v) is 6.28. The summed E-state index contributed by atoms with van der Waals surface area (Å²) in [7, 11) is 0. The van der Waals surface area contributed by atoms with Gasteiger partial charge in [-0.15, -0.1) is 0 Å². The molecule has 0 aromatic heterocycles. The van der Waals surface area contributed by atoms with Gasteiger partial charge in [-0.05, 0) is 53.4 Å². The largest absolute Gasteiger partial charge is 0.444 e. The number of hydrogen-bond acceptors (Lipinski definition) is 4. The summed E-state index contributed by atoms with van der Waals surface area (Å²) in [4.78, 5) is 11.5. The van der Waals surface area contributed by atoms with Gasteiger partial charge in [-0.1, -0.05) is 0 Å². The molecular formula is C13H24N2O3. The van der Waals surface area contributed by atoms with Crippen molar-refractivity contribution in [1.29, 1.82) is 5.41 Å². The normalized spacial score (nSPS) is 26.8. The van der Waals surface area contributed by atoms with Crippen LogP contribution in [0.3, 0.4) is 0 Å². The van der Waals surface area contributed by atoms with E-state index >= 15 is 0 Å². The molecule has 0 aromatic rings. The molecule has 0 radical (unpaired) electrons. The lowest BCUT2D eigenvalue weighted by molar-refractivity contribution is 0.000205. The van der Waals surface area contributed by atoms with Gasteiger partial charge in [0.25, 0.3) is 0 Å². The third-order valence-electron chi connectivity index (χ3n) is 3.41. The van der Waals surface area contributed by atoms with Gasteiger partial charge in [0.2, 0.25) is 0 Å². The van der Waals surface area contributed by atoms with Crippen molar-refractivity contribution in [1.82, 2.24) is 5.32 Å². The van der Waals surface area contributed by atoms with Crippen molar-refractivity contribution in [2.45, 2.75) is 64.7 Å². The second-order valence-electron chi connectivity index (χ2n) is 6.28. The average molecular weight is 256 g/mol. The molecule has 18 heavy (non-hydrogen) atoms. The van der Waals surface area contributed by atoms with Gasteiger partial charge in [0.15, 0.2) is 0 Å². The molecule has 104 valence electrons. The molecule has 1 aliphatic carbocycles. The predicted molar refractivity (Wildman–Crippen MR) is 69.9 cm³/mol. The van der Waals surface area contributed by atoms with Gasteiger partial charge in [-0.2, -0.15) is 0 Å². The van der Waals surface area contributed by atoms with Crippen LogP contribution in [-0.2, 0) is 4.74 Å². The van der Waals surface area contributed by atoms with Crippen LogP contribution in [0.15, 0.2) is 0 Å². The van der Waals surface area contributed by atoms with Gasteiger partial charge in [-0.3, -0.25) is 0 Å². The Morgan fingerprint density at radius 1 is 1.33 bits per heavy atom. The van der Waals surface area contributed by atoms with E-state index in [1.54, 1.807) is 13.8 Å². The molecule has 0 spiro atoms. The van der Waals surface area contributed by atoms with E-state index in [0.717, 1.165) is 0 Å². The van der Waals surface area contributed by atoms with Crippen molar-refractivity contribution in [3.8, 4) is 0 Å². The van der Waals surface area contributed by atoms with E-state index in [9.17, 15) is 9.90 Å². The number of carbonyl (C=O) groups excluding carboxylic acids is 1. The molecule has 1 fully saturated rings. The lowest BCUT2D eigenvalue weighted by Gasteiger charge is -2.44. The Balaban J connectivity index is 2.36. The first kappa shape index (κ1) is 15.0. The van der Waals surface area contributed by atoms with Crippen LogP contribution in [0.25, 0.3) is 0 Å². The Hall–Kier alpha value is -1.10. The summed E-state index contributed by atoms with van der Waals surface area (Å²) in [5.41, 5.74) is -1.29. The van der Waals surface area contributed by atoms with E-state index in [1.807, 2.05) is 20.8 Å². The van der Waals surface area contributed by atoms with Gasteiger partial charge in [0.05, 0.1) is 0 Å². The Morgan fingerprint density at radius 3 is 2.22 bits per heavy atom. The van der Waals surface area contributed by atoms with Crippen LogP contribution in [0.5, 0.6) is 0 Å². The first-order valence-corrected chi connectivity index (χ1v) is 6.30. The summed E-state index contributed by atoms with van der Waals surface area (Å²) in [6, 6.07) is 0.0377. The number of amides is 1. The first-order valence-electron chi connectivity index (χ1n) is 6.30. The Morgan fingerprint density at radius 2 is 1.83 bits per heavy atom. The van der Waals surface area contributed by atoms with Gasteiger partial charge in [-0.25, -0.2) is 4.79 Å². The molecule has 1 unspecified atom stereocenters. The van der Waals surface area contributed by atoms with Crippen molar-refractivity contribution < 1.29 is 14.6 Å². The highest BCUT2D eigenvalue weighted by Crippen LogP contribution is 2.37. The molecule has 1 amide bonds. The van der Waals surface area contributed by atoms with Crippen LogP contribution in [-0.4, -0.2) is 34.2 Å². The number of carbonyl (C=O) groups is 1. The van der Waals surface area contributed by atoms with E-state index in [2.05, 4.69) is 5.32 Å². The summed E-state index contributed by atoms with van der Waals surface area (Å²) >= 11 is 0. The summed E-state index contributed by atoms with van der Waals surface area (Å²) in [6.45, 7) is 8.72. The van der Waals surface area contributed by atoms with E-state index in [-0.39, 0.29) is 17.7 Å². The fourth-order valence-corrected chi connectivity index (χ4v) is 1.98. The van der Waals surface area contributed by atoms with E-state index in [4.69, 9.17) is 10.1 Å². The van der Waals surface area contributed by atoms with Crippen molar-refractivity contribution in [3.63, 3.8) is 0 Å². The van der Waals surface area contributed by atoms with Gasteiger partial charge in [0.1, 0.15) is 11.2 Å². The van der Waals surface area contributed by atoms with Crippen LogP contribution < -0.4 is 5.32 Å². The molecule has 1 aliphatic rings. The van der Waals surface area contributed by atoms with Gasteiger partial charge in [0, 0.05) is 11.8 Å². The Bertz CT molecular complexity index is 339. The molecule has 0 heterocycles. The smallest absolute Gasteiger partial charge is 0.407 e. The monoisotopic (exact) mass is 256 g/mol. The first-order chi connectivity index (χ1) is 8.02. The average Bonchev–Trinajstić information content (AvgIpc) is 2.06. The Labute approximate surface area is 108 Å². The molecule has 5 nitrogen and oxygen atoms in total. The zero-order valence-corrected chi connectivity index (χ0v) is 11.8. The summed E-state index contributed by atoms with van der Waals surface area (Å²) in [5, 5.41) is 20.4. The number of nitrogens with one attached hydrogen (secondary N) is 2. The fraction of sp³-hybridized carbons (Fsp3) is 0.846. The van der Waals surface area contributed by atoms with Crippen LogP contribution in [0.4, 0.5) is 4.79 Å². The van der Waals surface area contributed by atoms with Crippen molar-refractivity contribution in [3.05, 3.63) is 0 Å². The Kier molecular flexibility index (Phi) is 4.05. The molecule has 1 atom stereocenters. The minimum Gasteiger partial charge on any atom is -0.444 e. The lowest BCUT2D eigenvalue weighted by Crippen LogP contribution is -2.55. The predicted octanol–water partition coefficient (Wildman–Crippen LogP) is 2.08. The van der Waals surface area contributed by atoms with Crippen molar-refractivity contribution in [2.75, 3.05) is 0 Å². The molecule has 0 bridgehead atoms. The number of alkyl carbamates (subject to hydrolysis) is 1. The number of aliphatic hydroxyl groups is 1. The zero-order chi connectivity index (χ0) is 14.1. The highest BCUT2D eigenvalue weighted by molar-refractivity contribution is 5.87. The van der Waals surface area contributed by atoms with Crippen LogP contribution in [0.2, 0.25) is 0 Å². The van der Waals surface area contributed by atoms with Crippen LogP contribution >= 0.6 is 0 Å². The highest BCUT2D eigenvalue weighted by atomic mass is 16.6. The van der Waals surface area contributed by atoms with Crippen LogP contribution in [0, 0.1) is 11.3 Å². The van der Waals surface area contributed by atoms with Gasteiger partial charge < -0.3 is 20.6 Å². The summed E-state index contributed by atoms with van der Waals surface area (Å²) in [6.07, 6.45) is 0.947. The maximum atomic E-state index is 11.5. The summed E-state index contributed by atoms with van der Waals surface area (Å²) in [5.74, 6) is 0.0370. The van der Waals surface area contributed by atoms with Crippen LogP contribution in [0.1, 0.15) is 47.5 Å². The van der Waals surface area contributed by atoms with Gasteiger partial charge >= 0.3 is 6.09 Å². The minimum absolute atomic E-state index is 0.0370. The van der Waals surface area contributed by atoms with E-state index in [1.165, 1.54) is 0 Å². The fourth-order valence-electron chi connectivity index (χ4n) is 1.98. The third kappa shape index (κ3) is 3.70. The van der Waals surface area contributed by atoms with E-state index < -0.39 is 17.3 Å². The number of hydrogen-bond donors (Lipinski definition) is 3. The molecule has 5 heteroatoms. The standard InChI is InChI=1S/C13H24N2O3/c1-8(14)13(5,17)9-6-10(7-9)15-11(16)18-12(2,3)4/h9-10,14,17H,6-7H2,1-5H3,(H,15,16). The zero-order valence-electron chi connectivity index (χ0n) is 11.8. The summed E-state index contributed by atoms with van der Waals surface area (Å²) < 4.78 is 5.16. The molecule has 0 aromatic carbocycles. The SMILES string of the molecule is CC(=N)C(C)(O)C1CC(NC(=O)OC(C)(C)C)C1. The lowest BCUT2D eigenvalue weighted by atomic mass is 9.69. The second kappa shape index (κ2) is 4.88. The maximum absolute atomic E-state index is 11.5. The van der Waals surface area contributed by atoms with E-state index in [0.29, 0.717) is 12.8 Å². The molecule has 1 rings (SSSR count). The van der Waals surface area contributed by atoms with Crippen molar-refractivity contribution in [2.24, 2.45) is 5.92 Å². The number of rotatable bonds is 3. The molecule has 0 saturated heterocycles. The topological polar surface area (TPSA) is 82.4 Å². The highest BCUT2D eigenvalue weighted by Gasteiger charge is 2.43.